The van der Waals surface area contributed by atoms with Crippen LogP contribution in [0.25, 0.3) is 0 Å². The number of likely N-dealkylation sites (tertiary alicyclic amines) is 1. The Morgan fingerprint density at radius 2 is 2.06 bits per heavy atom. The number of carbonyl (C=O) groups is 2. The molecular weight excluding hydrogens is 470 g/mol. The van der Waals surface area contributed by atoms with E-state index in [0.29, 0.717) is 40.3 Å². The molecule has 1 aliphatic heterocycles. The fourth-order valence-electron chi connectivity index (χ4n) is 4.06. The van der Waals surface area contributed by atoms with Gasteiger partial charge in [0.25, 0.3) is 5.91 Å². The summed E-state index contributed by atoms with van der Waals surface area (Å²) < 4.78 is 1.94. The molecule has 1 atom stereocenters. The van der Waals surface area contributed by atoms with Crippen LogP contribution in [0.1, 0.15) is 40.6 Å². The van der Waals surface area contributed by atoms with Gasteiger partial charge in [-0.05, 0) is 44.0 Å². The molecule has 1 fully saturated rings. The summed E-state index contributed by atoms with van der Waals surface area (Å²) in [6.07, 6.45) is 3.47. The van der Waals surface area contributed by atoms with E-state index in [9.17, 15) is 9.59 Å². The lowest BCUT2D eigenvalue weighted by Gasteiger charge is -2.25. The second-order valence-electron chi connectivity index (χ2n) is 8.08. The minimum absolute atomic E-state index is 0.00678. The molecule has 2 aromatic carbocycles. The van der Waals surface area contributed by atoms with Gasteiger partial charge in [0, 0.05) is 18.7 Å². The van der Waals surface area contributed by atoms with E-state index in [4.69, 9.17) is 11.6 Å². The Hall–Kier alpha value is -3.10. The summed E-state index contributed by atoms with van der Waals surface area (Å²) in [7, 11) is 0. The molecule has 2 heterocycles. The first-order chi connectivity index (χ1) is 16.5. The zero-order valence-corrected chi connectivity index (χ0v) is 20.5. The number of anilines is 1. The molecule has 1 aromatic heterocycles. The monoisotopic (exact) mass is 495 g/mol. The lowest BCUT2D eigenvalue weighted by molar-refractivity contribution is -0.113. The highest BCUT2D eigenvalue weighted by atomic mass is 35.5. The average molecular weight is 496 g/mol. The molecule has 34 heavy (non-hydrogen) atoms. The van der Waals surface area contributed by atoms with E-state index in [0.717, 1.165) is 18.4 Å². The number of nitrogens with one attached hydrogen (secondary N) is 1. The topological polar surface area (TPSA) is 80.1 Å². The molecular formula is C25H26ClN5O2S. The fourth-order valence-corrected chi connectivity index (χ4v) is 4.99. The highest BCUT2D eigenvalue weighted by Gasteiger charge is 2.34. The van der Waals surface area contributed by atoms with Crippen molar-refractivity contribution in [2.45, 2.75) is 37.5 Å². The van der Waals surface area contributed by atoms with Crippen LogP contribution in [-0.2, 0) is 11.3 Å². The van der Waals surface area contributed by atoms with Crippen LogP contribution in [0.2, 0.25) is 5.02 Å². The number of carbonyl (C=O) groups excluding carboxylic acids is 2. The molecule has 3 aromatic rings. The quantitative estimate of drug-likeness (QED) is 0.346. The molecule has 0 bridgehead atoms. The van der Waals surface area contributed by atoms with Crippen LogP contribution in [0.4, 0.5) is 5.69 Å². The number of aryl methyl sites for hydroxylation is 1. The summed E-state index contributed by atoms with van der Waals surface area (Å²) in [5.41, 5.74) is 2.29. The molecule has 176 valence electrons. The van der Waals surface area contributed by atoms with E-state index in [-0.39, 0.29) is 23.6 Å². The number of benzene rings is 2. The van der Waals surface area contributed by atoms with E-state index in [1.165, 1.54) is 11.8 Å². The Balaban J connectivity index is 1.50. The van der Waals surface area contributed by atoms with Gasteiger partial charge < -0.3 is 14.8 Å². The van der Waals surface area contributed by atoms with Gasteiger partial charge in [-0.2, -0.15) is 0 Å². The molecule has 7 nitrogen and oxygen atoms in total. The maximum absolute atomic E-state index is 13.3. The molecule has 0 saturated carbocycles. The predicted octanol–water partition coefficient (Wildman–Crippen LogP) is 5.13. The summed E-state index contributed by atoms with van der Waals surface area (Å²) in [5.74, 6) is 0.668. The maximum Gasteiger partial charge on any atom is 0.254 e. The molecule has 1 aliphatic rings. The number of para-hydroxylation sites is 1. The average Bonchev–Trinajstić information content (AvgIpc) is 3.46. The zero-order valence-electron chi connectivity index (χ0n) is 18.9. The molecule has 1 saturated heterocycles. The van der Waals surface area contributed by atoms with Crippen molar-refractivity contribution in [2.24, 2.45) is 0 Å². The summed E-state index contributed by atoms with van der Waals surface area (Å²) in [4.78, 5) is 27.6. The van der Waals surface area contributed by atoms with E-state index in [1.807, 2.05) is 52.8 Å². The molecule has 0 aliphatic carbocycles. The van der Waals surface area contributed by atoms with Crippen molar-refractivity contribution < 1.29 is 9.59 Å². The molecule has 4 rings (SSSR count). The Bertz CT molecular complexity index is 1210. The van der Waals surface area contributed by atoms with Crippen LogP contribution in [0.5, 0.6) is 0 Å². The molecule has 1 unspecified atom stereocenters. The summed E-state index contributed by atoms with van der Waals surface area (Å²) in [5, 5.41) is 12.7. The first-order valence-electron chi connectivity index (χ1n) is 11.1. The SMILES string of the molecule is C=CCn1c(SCC(=O)Nc2ccccc2Cl)nnc1C1CCCN1C(=O)c1cccc(C)c1. The summed E-state index contributed by atoms with van der Waals surface area (Å²) in [6.45, 7) is 6.99. The van der Waals surface area contributed by atoms with Gasteiger partial charge in [-0.1, -0.05) is 59.3 Å². The zero-order chi connectivity index (χ0) is 24.1. The van der Waals surface area contributed by atoms with Crippen LogP contribution in [0.15, 0.2) is 66.3 Å². The number of thioether (sulfide) groups is 1. The Labute approximate surface area is 208 Å². The van der Waals surface area contributed by atoms with E-state index in [2.05, 4.69) is 22.1 Å². The third-order valence-electron chi connectivity index (χ3n) is 5.61. The number of nitrogens with zero attached hydrogens (tertiary/aromatic N) is 4. The normalized spacial score (nSPS) is 15.4. The third kappa shape index (κ3) is 5.34. The molecule has 0 radical (unpaired) electrons. The molecule has 2 amide bonds. The van der Waals surface area contributed by atoms with Gasteiger partial charge in [0.1, 0.15) is 0 Å². The van der Waals surface area contributed by atoms with Gasteiger partial charge in [-0.15, -0.1) is 16.8 Å². The van der Waals surface area contributed by atoms with Gasteiger partial charge in [0.05, 0.1) is 22.5 Å². The third-order valence-corrected chi connectivity index (χ3v) is 6.91. The van der Waals surface area contributed by atoms with Crippen LogP contribution < -0.4 is 5.32 Å². The largest absolute Gasteiger partial charge is 0.328 e. The predicted molar refractivity (Wildman–Crippen MR) is 135 cm³/mol. The number of hydrogen-bond acceptors (Lipinski definition) is 5. The lowest BCUT2D eigenvalue weighted by Crippen LogP contribution is -2.32. The standard InChI is InChI=1S/C25H26ClN5O2S/c1-3-13-31-23(21-12-7-14-30(21)24(33)18-9-6-8-17(2)15-18)28-29-25(31)34-16-22(32)27-20-11-5-4-10-19(20)26/h3-6,8-11,15,21H,1,7,12-14,16H2,2H3,(H,27,32). The minimum atomic E-state index is -0.190. The number of halogens is 1. The summed E-state index contributed by atoms with van der Waals surface area (Å²) >= 11 is 7.42. The second-order valence-corrected chi connectivity index (χ2v) is 9.43. The molecule has 0 spiro atoms. The second kappa shape index (κ2) is 10.9. The van der Waals surface area contributed by atoms with E-state index in [1.54, 1.807) is 18.2 Å². The van der Waals surface area contributed by atoms with Crippen molar-refractivity contribution in [3.63, 3.8) is 0 Å². The first kappa shape index (κ1) is 24.0. The highest BCUT2D eigenvalue weighted by molar-refractivity contribution is 7.99. The maximum atomic E-state index is 13.3. The Kier molecular flexibility index (Phi) is 7.70. The van der Waals surface area contributed by atoms with Gasteiger partial charge >= 0.3 is 0 Å². The van der Waals surface area contributed by atoms with Gasteiger partial charge in [0.2, 0.25) is 5.91 Å². The minimum Gasteiger partial charge on any atom is -0.328 e. The van der Waals surface area contributed by atoms with Crippen LogP contribution in [-0.4, -0.2) is 43.8 Å². The lowest BCUT2D eigenvalue weighted by atomic mass is 10.1. The van der Waals surface area contributed by atoms with Crippen molar-refractivity contribution in [3.05, 3.63) is 83.2 Å². The number of amides is 2. The number of aromatic nitrogens is 3. The number of rotatable bonds is 8. The van der Waals surface area contributed by atoms with Crippen molar-refractivity contribution in [2.75, 3.05) is 17.6 Å². The van der Waals surface area contributed by atoms with E-state index >= 15 is 0 Å². The summed E-state index contributed by atoms with van der Waals surface area (Å²) in [6, 6.07) is 14.6. The Morgan fingerprint density at radius 1 is 1.24 bits per heavy atom. The fraction of sp³-hybridized carbons (Fsp3) is 0.280. The van der Waals surface area contributed by atoms with Crippen molar-refractivity contribution in [1.29, 1.82) is 0 Å². The molecule has 9 heteroatoms. The van der Waals surface area contributed by atoms with Crippen molar-refractivity contribution in [3.8, 4) is 0 Å². The van der Waals surface area contributed by atoms with E-state index < -0.39 is 0 Å². The van der Waals surface area contributed by atoms with Crippen LogP contribution >= 0.6 is 23.4 Å². The van der Waals surface area contributed by atoms with Gasteiger partial charge in [-0.3, -0.25) is 9.59 Å². The Morgan fingerprint density at radius 3 is 2.82 bits per heavy atom. The van der Waals surface area contributed by atoms with Gasteiger partial charge in [0.15, 0.2) is 11.0 Å². The highest BCUT2D eigenvalue weighted by Crippen LogP contribution is 2.34. The van der Waals surface area contributed by atoms with Crippen molar-refractivity contribution in [1.82, 2.24) is 19.7 Å². The van der Waals surface area contributed by atoms with Crippen molar-refractivity contribution >= 4 is 40.9 Å². The first-order valence-corrected chi connectivity index (χ1v) is 12.4. The number of allylic oxidation sites excluding steroid dienone is 1. The molecule has 1 N–H and O–H groups in total. The number of hydrogen-bond donors (Lipinski definition) is 1. The van der Waals surface area contributed by atoms with Gasteiger partial charge in [-0.25, -0.2) is 0 Å². The smallest absolute Gasteiger partial charge is 0.254 e. The van der Waals surface area contributed by atoms with Crippen LogP contribution in [0.3, 0.4) is 0 Å². The van der Waals surface area contributed by atoms with Crippen LogP contribution in [0, 0.1) is 6.92 Å².